The lowest BCUT2D eigenvalue weighted by molar-refractivity contribution is 0.0952. The molecule has 0 aromatic heterocycles. The summed E-state index contributed by atoms with van der Waals surface area (Å²) in [6, 6.07) is 7.53. The van der Waals surface area contributed by atoms with Gasteiger partial charge in [-0.15, -0.1) is 0 Å². The Morgan fingerprint density at radius 1 is 1.39 bits per heavy atom. The maximum absolute atomic E-state index is 11.6. The van der Waals surface area contributed by atoms with Crippen molar-refractivity contribution in [3.8, 4) is 0 Å². The van der Waals surface area contributed by atoms with E-state index >= 15 is 0 Å². The van der Waals surface area contributed by atoms with E-state index in [1.54, 1.807) is 6.07 Å². The largest absolute Gasteiger partial charge is 0.320 e. The average molecular weight is 250 g/mol. The molecule has 0 aliphatic rings. The van der Waals surface area contributed by atoms with Gasteiger partial charge in [-0.3, -0.25) is 10.2 Å². The number of hydrogen-bond acceptors (Lipinski definition) is 4. The first-order valence-corrected chi connectivity index (χ1v) is 6.11. The summed E-state index contributed by atoms with van der Waals surface area (Å²) in [4.78, 5) is 13.8. The van der Waals surface area contributed by atoms with Gasteiger partial charge in [-0.05, 0) is 45.2 Å². The van der Waals surface area contributed by atoms with Gasteiger partial charge in [0.25, 0.3) is 5.91 Å². The van der Waals surface area contributed by atoms with Gasteiger partial charge in [-0.25, -0.2) is 5.84 Å². The molecule has 0 aliphatic carbocycles. The second kappa shape index (κ2) is 7.81. The highest BCUT2D eigenvalue weighted by atomic mass is 16.2. The Kier molecular flexibility index (Phi) is 6.35. The fourth-order valence-corrected chi connectivity index (χ4v) is 1.85. The summed E-state index contributed by atoms with van der Waals surface area (Å²) in [6.45, 7) is 2.72. The Balaban J connectivity index is 2.63. The highest BCUT2D eigenvalue weighted by Gasteiger charge is 2.10. The molecule has 1 amide bonds. The monoisotopic (exact) mass is 250 g/mol. The number of benzene rings is 1. The number of hydrazine groups is 1. The minimum atomic E-state index is -0.241. The number of nitrogen functional groups attached to an aromatic ring is 1. The maximum atomic E-state index is 11.6. The first kappa shape index (κ1) is 14.6. The molecule has 0 radical (unpaired) electrons. The van der Waals surface area contributed by atoms with Crippen molar-refractivity contribution in [3.63, 3.8) is 0 Å². The van der Waals surface area contributed by atoms with Gasteiger partial charge < -0.3 is 10.2 Å². The molecule has 0 spiro atoms. The SMILES string of the molecule is CNCCCN(C)Cc1ccccc1C(=O)NN. The van der Waals surface area contributed by atoms with Crippen LogP contribution in [0.15, 0.2) is 24.3 Å². The molecule has 4 N–H and O–H groups in total. The Labute approximate surface area is 108 Å². The predicted molar refractivity (Wildman–Crippen MR) is 73.0 cm³/mol. The van der Waals surface area contributed by atoms with Gasteiger partial charge in [-0.2, -0.15) is 0 Å². The fourth-order valence-electron chi connectivity index (χ4n) is 1.85. The van der Waals surface area contributed by atoms with Crippen LogP contribution in [-0.4, -0.2) is 38.0 Å². The van der Waals surface area contributed by atoms with Crippen LogP contribution in [0.1, 0.15) is 22.3 Å². The first-order valence-electron chi connectivity index (χ1n) is 6.11. The number of carbonyl (C=O) groups is 1. The fraction of sp³-hybridized carbons (Fsp3) is 0.462. The standard InChI is InChI=1S/C13H22N4O/c1-15-8-5-9-17(2)10-11-6-3-4-7-12(11)13(18)16-14/h3-4,6-7,15H,5,8-10,14H2,1-2H3,(H,16,18). The molecular formula is C13H22N4O. The van der Waals surface area contributed by atoms with E-state index in [2.05, 4.69) is 15.6 Å². The molecule has 5 heteroatoms. The van der Waals surface area contributed by atoms with Crippen molar-refractivity contribution in [1.82, 2.24) is 15.6 Å². The molecule has 1 aromatic rings. The van der Waals surface area contributed by atoms with E-state index in [1.807, 2.05) is 32.3 Å². The van der Waals surface area contributed by atoms with E-state index in [0.717, 1.165) is 31.6 Å². The summed E-state index contributed by atoms with van der Waals surface area (Å²) in [6.07, 6.45) is 1.08. The Bertz CT molecular complexity index is 381. The van der Waals surface area contributed by atoms with E-state index < -0.39 is 0 Å². The van der Waals surface area contributed by atoms with Crippen molar-refractivity contribution >= 4 is 5.91 Å². The number of rotatable bonds is 7. The highest BCUT2D eigenvalue weighted by molar-refractivity contribution is 5.95. The van der Waals surface area contributed by atoms with Crippen LogP contribution in [0.25, 0.3) is 0 Å². The van der Waals surface area contributed by atoms with Crippen LogP contribution in [0, 0.1) is 0 Å². The number of nitrogens with two attached hydrogens (primary N) is 1. The van der Waals surface area contributed by atoms with Crippen LogP contribution in [0.4, 0.5) is 0 Å². The Morgan fingerprint density at radius 2 is 2.11 bits per heavy atom. The van der Waals surface area contributed by atoms with Crippen LogP contribution >= 0.6 is 0 Å². The molecule has 100 valence electrons. The molecule has 5 nitrogen and oxygen atoms in total. The van der Waals surface area contributed by atoms with Gasteiger partial charge in [0.2, 0.25) is 0 Å². The Hall–Kier alpha value is -1.43. The normalized spacial score (nSPS) is 10.7. The lowest BCUT2D eigenvalue weighted by atomic mass is 10.1. The van der Waals surface area contributed by atoms with Gasteiger partial charge >= 0.3 is 0 Å². The summed E-state index contributed by atoms with van der Waals surface area (Å²) < 4.78 is 0. The van der Waals surface area contributed by atoms with Gasteiger partial charge in [0.1, 0.15) is 0 Å². The van der Waals surface area contributed by atoms with Gasteiger partial charge in [0, 0.05) is 12.1 Å². The number of carbonyl (C=O) groups excluding carboxylic acids is 1. The van der Waals surface area contributed by atoms with Crippen LogP contribution in [0.2, 0.25) is 0 Å². The number of hydrogen-bond donors (Lipinski definition) is 3. The van der Waals surface area contributed by atoms with Crippen LogP contribution in [0.3, 0.4) is 0 Å². The second-order valence-electron chi connectivity index (χ2n) is 4.33. The molecule has 0 unspecified atom stereocenters. The van der Waals surface area contributed by atoms with E-state index in [9.17, 15) is 4.79 Å². The van der Waals surface area contributed by atoms with Crippen molar-refractivity contribution in [2.24, 2.45) is 5.84 Å². The Morgan fingerprint density at radius 3 is 2.78 bits per heavy atom. The molecule has 18 heavy (non-hydrogen) atoms. The minimum Gasteiger partial charge on any atom is -0.320 e. The topological polar surface area (TPSA) is 70.4 Å². The molecule has 0 aliphatic heterocycles. The van der Waals surface area contributed by atoms with Crippen molar-refractivity contribution in [2.45, 2.75) is 13.0 Å². The maximum Gasteiger partial charge on any atom is 0.265 e. The number of amides is 1. The highest BCUT2D eigenvalue weighted by Crippen LogP contribution is 2.11. The van der Waals surface area contributed by atoms with Crippen molar-refractivity contribution in [2.75, 3.05) is 27.2 Å². The van der Waals surface area contributed by atoms with E-state index in [0.29, 0.717) is 5.56 Å². The third-order valence-corrected chi connectivity index (χ3v) is 2.80. The van der Waals surface area contributed by atoms with Gasteiger partial charge in [0.05, 0.1) is 0 Å². The average Bonchev–Trinajstić information content (AvgIpc) is 2.39. The summed E-state index contributed by atoms with van der Waals surface area (Å²) in [5, 5.41) is 3.12. The molecule has 0 fully saturated rings. The van der Waals surface area contributed by atoms with Crippen LogP contribution < -0.4 is 16.6 Å². The molecular weight excluding hydrogens is 228 g/mol. The van der Waals surface area contributed by atoms with Crippen LogP contribution in [-0.2, 0) is 6.54 Å². The lowest BCUT2D eigenvalue weighted by Gasteiger charge is -2.18. The third-order valence-electron chi connectivity index (χ3n) is 2.80. The second-order valence-corrected chi connectivity index (χ2v) is 4.33. The number of nitrogens with zero attached hydrogens (tertiary/aromatic N) is 1. The van der Waals surface area contributed by atoms with Gasteiger partial charge in [-0.1, -0.05) is 18.2 Å². The van der Waals surface area contributed by atoms with Gasteiger partial charge in [0.15, 0.2) is 0 Å². The van der Waals surface area contributed by atoms with Crippen molar-refractivity contribution in [1.29, 1.82) is 0 Å². The zero-order valence-electron chi connectivity index (χ0n) is 11.1. The molecule has 0 heterocycles. The van der Waals surface area contributed by atoms with Crippen molar-refractivity contribution in [3.05, 3.63) is 35.4 Å². The summed E-state index contributed by atoms with van der Waals surface area (Å²) in [5.74, 6) is 4.94. The third kappa shape index (κ3) is 4.44. The quantitative estimate of drug-likeness (QED) is 0.282. The zero-order chi connectivity index (χ0) is 13.4. The summed E-state index contributed by atoms with van der Waals surface area (Å²) in [7, 11) is 3.99. The van der Waals surface area contributed by atoms with E-state index in [1.165, 1.54) is 0 Å². The summed E-state index contributed by atoms with van der Waals surface area (Å²) >= 11 is 0. The molecule has 0 atom stereocenters. The molecule has 0 saturated heterocycles. The van der Waals surface area contributed by atoms with E-state index in [-0.39, 0.29) is 5.91 Å². The number of nitrogens with one attached hydrogen (secondary N) is 2. The molecule has 1 aromatic carbocycles. The van der Waals surface area contributed by atoms with E-state index in [4.69, 9.17) is 5.84 Å². The molecule has 1 rings (SSSR count). The first-order chi connectivity index (χ1) is 8.69. The van der Waals surface area contributed by atoms with Crippen molar-refractivity contribution < 1.29 is 4.79 Å². The minimum absolute atomic E-state index is 0.241. The molecule has 0 bridgehead atoms. The summed E-state index contributed by atoms with van der Waals surface area (Å²) in [5.41, 5.74) is 3.81. The zero-order valence-corrected chi connectivity index (χ0v) is 11.1. The lowest BCUT2D eigenvalue weighted by Crippen LogP contribution is -2.31. The molecule has 0 saturated carbocycles. The predicted octanol–water partition coefficient (Wildman–Crippen LogP) is 0.331. The smallest absolute Gasteiger partial charge is 0.265 e. The van der Waals surface area contributed by atoms with Crippen LogP contribution in [0.5, 0.6) is 0 Å².